The van der Waals surface area contributed by atoms with Gasteiger partial charge in [0.15, 0.2) is 0 Å². The van der Waals surface area contributed by atoms with E-state index in [0.29, 0.717) is 5.92 Å². The number of rotatable bonds is 6. The second kappa shape index (κ2) is 7.01. The Morgan fingerprint density at radius 2 is 1.84 bits per heavy atom. The third kappa shape index (κ3) is 3.77. The van der Waals surface area contributed by atoms with Crippen LogP contribution in [0.5, 0.6) is 0 Å². The molecule has 0 saturated heterocycles. The maximum Gasteiger partial charge on any atom is 0.139 e. The maximum absolute atomic E-state index is 6.46. The van der Waals surface area contributed by atoms with Gasteiger partial charge in [0.1, 0.15) is 15.4 Å². The summed E-state index contributed by atoms with van der Waals surface area (Å²) in [7, 11) is 0. The molecule has 1 heterocycles. The molecule has 0 radical (unpaired) electrons. The molecule has 0 aliphatic rings. The Labute approximate surface area is 123 Å². The highest BCUT2D eigenvalue weighted by atomic mass is 35.5. The van der Waals surface area contributed by atoms with Gasteiger partial charge in [0.25, 0.3) is 0 Å². The Bertz CT molecular complexity index is 498. The number of hydrogen-bond donors (Lipinski definition) is 0. The van der Waals surface area contributed by atoms with E-state index in [9.17, 15) is 0 Å². The summed E-state index contributed by atoms with van der Waals surface area (Å²) in [4.78, 5) is 0. The predicted molar refractivity (Wildman–Crippen MR) is 82.0 cm³/mol. The zero-order valence-corrected chi connectivity index (χ0v) is 12.9. The SMILES string of the molecule is CCCCC(C)c1nnc(C(Cl)c2ccccc2)s1. The van der Waals surface area contributed by atoms with E-state index in [1.807, 2.05) is 30.3 Å². The van der Waals surface area contributed by atoms with Crippen molar-refractivity contribution in [1.29, 1.82) is 0 Å². The van der Waals surface area contributed by atoms with Crippen molar-refractivity contribution >= 4 is 22.9 Å². The van der Waals surface area contributed by atoms with Gasteiger partial charge >= 0.3 is 0 Å². The van der Waals surface area contributed by atoms with Gasteiger partial charge in [-0.3, -0.25) is 0 Å². The van der Waals surface area contributed by atoms with Gasteiger partial charge in [-0.15, -0.1) is 21.8 Å². The molecule has 2 unspecified atom stereocenters. The highest BCUT2D eigenvalue weighted by molar-refractivity contribution is 7.11. The van der Waals surface area contributed by atoms with Gasteiger partial charge in [-0.1, -0.05) is 68.4 Å². The molecule has 0 aliphatic carbocycles. The zero-order chi connectivity index (χ0) is 13.7. The summed E-state index contributed by atoms with van der Waals surface area (Å²) in [6, 6.07) is 10.0. The molecule has 1 aromatic heterocycles. The fourth-order valence-electron chi connectivity index (χ4n) is 1.95. The summed E-state index contributed by atoms with van der Waals surface area (Å²) in [6.07, 6.45) is 3.63. The standard InChI is InChI=1S/C15H19ClN2S/c1-3-4-8-11(2)14-17-18-15(19-14)13(16)12-9-6-5-7-10-12/h5-7,9-11,13H,3-4,8H2,1-2H3. The molecule has 2 nitrogen and oxygen atoms in total. The van der Waals surface area contributed by atoms with Crippen LogP contribution in [0.4, 0.5) is 0 Å². The first kappa shape index (κ1) is 14.5. The van der Waals surface area contributed by atoms with Crippen LogP contribution < -0.4 is 0 Å². The molecule has 2 rings (SSSR count). The number of unbranched alkanes of at least 4 members (excludes halogenated alkanes) is 1. The van der Waals surface area contributed by atoms with Crippen molar-refractivity contribution < 1.29 is 0 Å². The van der Waals surface area contributed by atoms with Gasteiger partial charge in [0.2, 0.25) is 0 Å². The van der Waals surface area contributed by atoms with Crippen LogP contribution in [0, 0.1) is 0 Å². The maximum atomic E-state index is 6.46. The van der Waals surface area contributed by atoms with Crippen LogP contribution in [0.15, 0.2) is 30.3 Å². The van der Waals surface area contributed by atoms with Gasteiger partial charge < -0.3 is 0 Å². The van der Waals surface area contributed by atoms with Crippen molar-refractivity contribution in [2.24, 2.45) is 0 Å². The Kier molecular flexibility index (Phi) is 5.34. The summed E-state index contributed by atoms with van der Waals surface area (Å²) >= 11 is 8.10. The van der Waals surface area contributed by atoms with Crippen molar-refractivity contribution in [2.75, 3.05) is 0 Å². The lowest BCUT2D eigenvalue weighted by Gasteiger charge is -2.06. The van der Waals surface area contributed by atoms with E-state index in [1.54, 1.807) is 11.3 Å². The number of halogens is 1. The molecule has 0 spiro atoms. The molecule has 0 bridgehead atoms. The monoisotopic (exact) mass is 294 g/mol. The number of benzene rings is 1. The predicted octanol–water partition coefficient (Wildman–Crippen LogP) is 5.16. The minimum absolute atomic E-state index is 0.189. The largest absolute Gasteiger partial charge is 0.143 e. The molecular weight excluding hydrogens is 276 g/mol. The van der Waals surface area contributed by atoms with Crippen molar-refractivity contribution in [3.05, 3.63) is 45.9 Å². The Hall–Kier alpha value is -0.930. The molecular formula is C15H19ClN2S. The van der Waals surface area contributed by atoms with Crippen LogP contribution in [0.1, 0.15) is 60.0 Å². The quantitative estimate of drug-likeness (QED) is 0.688. The van der Waals surface area contributed by atoms with Crippen molar-refractivity contribution in [3.63, 3.8) is 0 Å². The fourth-order valence-corrected chi connectivity index (χ4v) is 3.21. The summed E-state index contributed by atoms with van der Waals surface area (Å²) < 4.78 is 0. The molecule has 0 amide bonds. The summed E-state index contributed by atoms with van der Waals surface area (Å²) in [5.74, 6) is 0.478. The molecule has 102 valence electrons. The van der Waals surface area contributed by atoms with Gasteiger partial charge in [0.05, 0.1) is 0 Å². The Morgan fingerprint density at radius 3 is 2.53 bits per heavy atom. The van der Waals surface area contributed by atoms with Gasteiger partial charge in [-0.2, -0.15) is 0 Å². The lowest BCUT2D eigenvalue weighted by atomic mass is 10.1. The van der Waals surface area contributed by atoms with E-state index in [-0.39, 0.29) is 5.38 Å². The second-order valence-corrected chi connectivity index (χ2v) is 6.27. The third-order valence-electron chi connectivity index (χ3n) is 3.18. The summed E-state index contributed by atoms with van der Waals surface area (Å²) in [5.41, 5.74) is 1.08. The van der Waals surface area contributed by atoms with Crippen molar-refractivity contribution in [1.82, 2.24) is 10.2 Å². The average molecular weight is 295 g/mol. The van der Waals surface area contributed by atoms with E-state index in [0.717, 1.165) is 15.6 Å². The van der Waals surface area contributed by atoms with Crippen molar-refractivity contribution in [3.8, 4) is 0 Å². The number of hydrogen-bond acceptors (Lipinski definition) is 3. The van der Waals surface area contributed by atoms with Crippen LogP contribution in [-0.2, 0) is 0 Å². The Balaban J connectivity index is 2.08. The van der Waals surface area contributed by atoms with Crippen LogP contribution in [0.25, 0.3) is 0 Å². The first-order valence-corrected chi connectivity index (χ1v) is 8.00. The highest BCUT2D eigenvalue weighted by Gasteiger charge is 2.18. The molecule has 19 heavy (non-hydrogen) atoms. The normalized spacial score (nSPS) is 14.3. The van der Waals surface area contributed by atoms with Gasteiger partial charge in [0, 0.05) is 5.92 Å². The molecule has 2 atom stereocenters. The summed E-state index contributed by atoms with van der Waals surface area (Å²) in [5, 5.41) is 10.4. The third-order valence-corrected chi connectivity index (χ3v) is 4.99. The molecule has 2 aromatic rings. The first-order valence-electron chi connectivity index (χ1n) is 6.74. The van der Waals surface area contributed by atoms with Crippen LogP contribution in [0.2, 0.25) is 0 Å². The smallest absolute Gasteiger partial charge is 0.139 e. The lowest BCUT2D eigenvalue weighted by molar-refractivity contribution is 0.616. The van der Waals surface area contributed by atoms with Crippen LogP contribution in [-0.4, -0.2) is 10.2 Å². The van der Waals surface area contributed by atoms with Crippen LogP contribution in [0.3, 0.4) is 0 Å². The molecule has 0 saturated carbocycles. The molecule has 0 N–H and O–H groups in total. The molecule has 0 fully saturated rings. The first-order chi connectivity index (χ1) is 9.22. The zero-order valence-electron chi connectivity index (χ0n) is 11.3. The van der Waals surface area contributed by atoms with Crippen molar-refractivity contribution in [2.45, 2.75) is 44.4 Å². The number of aromatic nitrogens is 2. The molecule has 4 heteroatoms. The average Bonchev–Trinajstić information content (AvgIpc) is 2.94. The number of alkyl halides is 1. The molecule has 0 aliphatic heterocycles. The fraction of sp³-hybridized carbons (Fsp3) is 0.467. The Morgan fingerprint density at radius 1 is 1.16 bits per heavy atom. The highest BCUT2D eigenvalue weighted by Crippen LogP contribution is 2.33. The van der Waals surface area contributed by atoms with E-state index in [1.165, 1.54) is 19.3 Å². The number of nitrogens with zero attached hydrogens (tertiary/aromatic N) is 2. The van der Waals surface area contributed by atoms with Crippen LogP contribution >= 0.6 is 22.9 Å². The topological polar surface area (TPSA) is 25.8 Å². The van der Waals surface area contributed by atoms with E-state index in [4.69, 9.17) is 11.6 Å². The van der Waals surface area contributed by atoms with Gasteiger partial charge in [-0.05, 0) is 12.0 Å². The lowest BCUT2D eigenvalue weighted by Crippen LogP contribution is -1.92. The molecule has 1 aromatic carbocycles. The van der Waals surface area contributed by atoms with E-state index >= 15 is 0 Å². The summed E-state index contributed by atoms with van der Waals surface area (Å²) in [6.45, 7) is 4.42. The second-order valence-electron chi connectivity index (χ2n) is 4.80. The van der Waals surface area contributed by atoms with Gasteiger partial charge in [-0.25, -0.2) is 0 Å². The van der Waals surface area contributed by atoms with E-state index in [2.05, 4.69) is 24.0 Å². The minimum atomic E-state index is -0.189. The minimum Gasteiger partial charge on any atom is -0.143 e. The van der Waals surface area contributed by atoms with E-state index < -0.39 is 0 Å².